The van der Waals surface area contributed by atoms with Gasteiger partial charge in [-0.3, -0.25) is 9.59 Å². The molecular formula is C28H45N5O9. The lowest BCUT2D eigenvalue weighted by molar-refractivity contribution is -0.140. The molecular weight excluding hydrogens is 550 g/mol. The first-order chi connectivity index (χ1) is 19.4. The number of aliphatic hydroxyl groups excluding tert-OH is 1. The van der Waals surface area contributed by atoms with Gasteiger partial charge in [0.25, 0.3) is 0 Å². The summed E-state index contributed by atoms with van der Waals surface area (Å²) in [4.78, 5) is 49.7. The van der Waals surface area contributed by atoms with Gasteiger partial charge in [-0.05, 0) is 38.7 Å². The van der Waals surface area contributed by atoms with Gasteiger partial charge in [0.2, 0.25) is 0 Å². The number of nitrogens with zero attached hydrogens (tertiary/aromatic N) is 1. The molecule has 0 bridgehead atoms. The molecule has 1 aromatic heterocycles. The van der Waals surface area contributed by atoms with Crippen molar-refractivity contribution in [1.29, 1.82) is 0 Å². The first-order valence-corrected chi connectivity index (χ1v) is 13.3. The highest BCUT2D eigenvalue weighted by Gasteiger charge is 2.24. The fourth-order valence-electron chi connectivity index (χ4n) is 3.25. The molecule has 0 radical (unpaired) electrons. The van der Waals surface area contributed by atoms with Gasteiger partial charge in [0.15, 0.2) is 0 Å². The van der Waals surface area contributed by atoms with Gasteiger partial charge >= 0.3 is 24.0 Å². The van der Waals surface area contributed by atoms with Crippen LogP contribution in [0.15, 0.2) is 42.9 Å². The van der Waals surface area contributed by atoms with Crippen molar-refractivity contribution in [2.75, 3.05) is 0 Å². The Labute approximate surface area is 245 Å². The smallest absolute Gasteiger partial charge is 0.408 e. The topological polar surface area (TPSA) is 251 Å². The number of rotatable bonds is 12. The van der Waals surface area contributed by atoms with E-state index in [1.54, 1.807) is 27.0 Å². The van der Waals surface area contributed by atoms with Crippen molar-refractivity contribution in [3.8, 4) is 0 Å². The predicted molar refractivity (Wildman–Crippen MR) is 155 cm³/mol. The second kappa shape index (κ2) is 19.2. The molecule has 0 saturated carbocycles. The number of benzene rings is 1. The summed E-state index contributed by atoms with van der Waals surface area (Å²) in [6, 6.07) is 6.82. The number of nitrogens with one attached hydrogen (secondary N) is 2. The molecule has 0 aliphatic rings. The number of aliphatic hydroxyl groups is 1. The molecule has 236 valence electrons. The minimum atomic E-state index is -1.09. The van der Waals surface area contributed by atoms with Crippen molar-refractivity contribution >= 4 is 24.0 Å². The van der Waals surface area contributed by atoms with E-state index in [9.17, 15) is 24.3 Å². The summed E-state index contributed by atoms with van der Waals surface area (Å²) in [6.45, 7) is 9.12. The number of H-pyrrole nitrogens is 1. The van der Waals surface area contributed by atoms with Crippen molar-refractivity contribution < 1.29 is 44.3 Å². The number of aromatic amines is 1. The normalized spacial score (nSPS) is 13.6. The Balaban J connectivity index is 0.000000635. The highest BCUT2D eigenvalue weighted by molar-refractivity contribution is 5.80. The van der Waals surface area contributed by atoms with E-state index in [2.05, 4.69) is 15.3 Å². The standard InChI is InChI=1S/C14H19NO4.C8H17NO3.C6H9N3O2/c1-14(2,3)19-13(18)15-11(12(16)17)9-10-7-5-4-6-8-10;1-5(2)3-6(9)7(10)4-8(11)12;7-5(6(10)11)1-4-2-8-3-9-4/h4-8,11H,9H2,1-3H3,(H,15,18)(H,16,17);5-7,10H,3-4,9H2,1-2H3,(H,11,12);2-3,5H,1,7H2,(H,8,9)(H,10,11)/t11-;6-,7-;5-/m000/s1. The fraction of sp³-hybridized carbons (Fsp3) is 0.536. The summed E-state index contributed by atoms with van der Waals surface area (Å²) in [6.07, 6.45) is 2.32. The SMILES string of the molecule is CC(C)(C)OC(=O)N[C@@H](Cc1ccccc1)C(=O)O.CC(C)C[C@H](N)[C@@H](O)CC(=O)O.N[C@@H](Cc1c[nH]cn1)C(=O)O. The average molecular weight is 596 g/mol. The molecule has 14 nitrogen and oxygen atoms in total. The maximum absolute atomic E-state index is 11.6. The van der Waals surface area contributed by atoms with E-state index >= 15 is 0 Å². The quantitative estimate of drug-likeness (QED) is 0.175. The molecule has 42 heavy (non-hydrogen) atoms. The van der Waals surface area contributed by atoms with Gasteiger partial charge in [0, 0.05) is 25.1 Å². The molecule has 1 amide bonds. The highest BCUT2D eigenvalue weighted by atomic mass is 16.6. The van der Waals surface area contributed by atoms with Crippen LogP contribution in [-0.4, -0.2) is 84.2 Å². The van der Waals surface area contributed by atoms with E-state index < -0.39 is 53.8 Å². The third kappa shape index (κ3) is 19.1. The molecule has 14 heteroatoms. The summed E-state index contributed by atoms with van der Waals surface area (Å²) >= 11 is 0. The van der Waals surface area contributed by atoms with Gasteiger partial charge < -0.3 is 46.9 Å². The van der Waals surface area contributed by atoms with Crippen LogP contribution in [0.5, 0.6) is 0 Å². The van der Waals surface area contributed by atoms with Crippen LogP contribution in [0.1, 0.15) is 58.7 Å². The number of hydrogen-bond donors (Lipinski definition) is 8. The van der Waals surface area contributed by atoms with Gasteiger partial charge in [0.1, 0.15) is 17.7 Å². The minimum absolute atomic E-state index is 0.218. The van der Waals surface area contributed by atoms with E-state index in [1.807, 2.05) is 44.2 Å². The van der Waals surface area contributed by atoms with Crippen LogP contribution in [0.4, 0.5) is 4.79 Å². The molecule has 2 rings (SSSR count). The zero-order chi connectivity index (χ0) is 32.5. The number of amides is 1. The lowest BCUT2D eigenvalue weighted by Crippen LogP contribution is -2.44. The van der Waals surface area contributed by atoms with Gasteiger partial charge in [-0.1, -0.05) is 44.2 Å². The first kappa shape index (κ1) is 38.0. The van der Waals surface area contributed by atoms with Crippen molar-refractivity contribution in [1.82, 2.24) is 15.3 Å². The van der Waals surface area contributed by atoms with Gasteiger partial charge in [-0.15, -0.1) is 0 Å². The van der Waals surface area contributed by atoms with Crippen molar-refractivity contribution in [2.24, 2.45) is 17.4 Å². The maximum atomic E-state index is 11.6. The zero-order valence-corrected chi connectivity index (χ0v) is 24.7. The third-order valence-corrected chi connectivity index (χ3v) is 5.19. The van der Waals surface area contributed by atoms with E-state index in [4.69, 9.17) is 31.5 Å². The summed E-state index contributed by atoms with van der Waals surface area (Å²) in [5.74, 6) is -2.73. The zero-order valence-electron chi connectivity index (χ0n) is 24.7. The van der Waals surface area contributed by atoms with Crippen LogP contribution >= 0.6 is 0 Å². The number of carbonyl (C=O) groups is 4. The molecule has 10 N–H and O–H groups in total. The van der Waals surface area contributed by atoms with E-state index in [1.165, 1.54) is 6.33 Å². The Morgan fingerprint density at radius 3 is 2.02 bits per heavy atom. The second-order valence-electron chi connectivity index (χ2n) is 10.9. The molecule has 2 aromatic rings. The van der Waals surface area contributed by atoms with Crippen LogP contribution in [0.25, 0.3) is 0 Å². The first-order valence-electron chi connectivity index (χ1n) is 13.3. The molecule has 0 aliphatic heterocycles. The molecule has 0 saturated heterocycles. The van der Waals surface area contributed by atoms with Crippen LogP contribution in [0.3, 0.4) is 0 Å². The lowest BCUT2D eigenvalue weighted by atomic mass is 9.98. The number of carboxylic acid groups (broad SMARTS) is 3. The van der Waals surface area contributed by atoms with Crippen molar-refractivity contribution in [3.05, 3.63) is 54.1 Å². The largest absolute Gasteiger partial charge is 0.481 e. The number of aromatic nitrogens is 2. The van der Waals surface area contributed by atoms with E-state index in [-0.39, 0.29) is 19.3 Å². The monoisotopic (exact) mass is 595 g/mol. The van der Waals surface area contributed by atoms with Gasteiger partial charge in [0.05, 0.1) is 24.5 Å². The number of imidazole rings is 1. The molecule has 1 heterocycles. The van der Waals surface area contributed by atoms with Gasteiger partial charge in [-0.25, -0.2) is 14.6 Å². The number of nitrogens with two attached hydrogens (primary N) is 2. The summed E-state index contributed by atoms with van der Waals surface area (Å²) in [7, 11) is 0. The molecule has 0 spiro atoms. The Morgan fingerprint density at radius 2 is 1.60 bits per heavy atom. The number of aliphatic carboxylic acids is 3. The number of carboxylic acids is 3. The summed E-state index contributed by atoms with van der Waals surface area (Å²) < 4.78 is 5.04. The Hall–Kier alpha value is -4.01. The predicted octanol–water partition coefficient (Wildman–Crippen LogP) is 1.77. The lowest BCUT2D eigenvalue weighted by Gasteiger charge is -2.22. The minimum Gasteiger partial charge on any atom is -0.481 e. The maximum Gasteiger partial charge on any atom is 0.408 e. The van der Waals surface area contributed by atoms with E-state index in [0.717, 1.165) is 5.56 Å². The molecule has 4 atom stereocenters. The van der Waals surface area contributed by atoms with Gasteiger partial charge in [-0.2, -0.15) is 0 Å². The van der Waals surface area contributed by atoms with Crippen molar-refractivity contribution in [2.45, 2.75) is 90.1 Å². The summed E-state index contributed by atoms with van der Waals surface area (Å²) in [5, 5.41) is 37.5. The Bertz CT molecular complexity index is 1070. The molecule has 0 unspecified atom stereocenters. The van der Waals surface area contributed by atoms with Crippen molar-refractivity contribution in [3.63, 3.8) is 0 Å². The van der Waals surface area contributed by atoms with Crippen LogP contribution in [0, 0.1) is 5.92 Å². The molecule has 0 aliphatic carbocycles. The second-order valence-corrected chi connectivity index (χ2v) is 10.9. The van der Waals surface area contributed by atoms with E-state index in [0.29, 0.717) is 18.0 Å². The summed E-state index contributed by atoms with van der Waals surface area (Å²) in [5.41, 5.74) is 11.7. The fourth-order valence-corrected chi connectivity index (χ4v) is 3.25. The number of alkyl carbamates (subject to hydrolysis) is 1. The molecule has 1 aromatic carbocycles. The number of carbonyl (C=O) groups excluding carboxylic acids is 1. The average Bonchev–Trinajstić information content (AvgIpc) is 3.36. The number of ether oxygens (including phenoxy) is 1. The molecule has 0 fully saturated rings. The highest BCUT2D eigenvalue weighted by Crippen LogP contribution is 2.09. The Kier molecular flexibility index (Phi) is 17.3. The third-order valence-electron chi connectivity index (χ3n) is 5.19. The van der Waals surface area contributed by atoms with Crippen LogP contribution in [0.2, 0.25) is 0 Å². The number of hydrogen-bond acceptors (Lipinski definition) is 9. The van der Waals surface area contributed by atoms with Crippen LogP contribution in [-0.2, 0) is 32.0 Å². The van der Waals surface area contributed by atoms with Crippen LogP contribution < -0.4 is 16.8 Å². The Morgan fingerprint density at radius 1 is 1.00 bits per heavy atom.